The van der Waals surface area contributed by atoms with E-state index in [1.54, 1.807) is 0 Å². The maximum atomic E-state index is 13.1. The second-order valence-electron chi connectivity index (χ2n) is 4.20. The van der Waals surface area contributed by atoms with Gasteiger partial charge in [-0.05, 0) is 23.8 Å². The van der Waals surface area contributed by atoms with Gasteiger partial charge in [0.15, 0.2) is 5.78 Å². The van der Waals surface area contributed by atoms with E-state index in [9.17, 15) is 19.3 Å². The highest BCUT2D eigenvalue weighted by Crippen LogP contribution is 2.25. The van der Waals surface area contributed by atoms with Gasteiger partial charge in [0.05, 0.1) is 9.95 Å². The SMILES string of the molecule is Nc1nccc(C(=O)Cc2ccc(F)c(Cl)c2)c1[N+](=O)[O-]. The third-order valence-electron chi connectivity index (χ3n) is 2.78. The summed E-state index contributed by atoms with van der Waals surface area (Å²) in [5.74, 6) is -1.46. The number of rotatable bonds is 4. The molecule has 6 nitrogen and oxygen atoms in total. The molecule has 0 aliphatic carbocycles. The molecule has 1 heterocycles. The lowest BCUT2D eigenvalue weighted by molar-refractivity contribution is -0.384. The second-order valence-corrected chi connectivity index (χ2v) is 4.61. The Bertz CT molecular complexity index is 737. The van der Waals surface area contributed by atoms with E-state index in [1.807, 2.05) is 0 Å². The summed E-state index contributed by atoms with van der Waals surface area (Å²) in [4.78, 5) is 26.0. The van der Waals surface area contributed by atoms with Crippen LogP contribution in [0, 0.1) is 15.9 Å². The number of hydrogen-bond acceptors (Lipinski definition) is 5. The molecular formula is C13H9ClFN3O3. The largest absolute Gasteiger partial charge is 0.378 e. The molecule has 0 saturated heterocycles. The summed E-state index contributed by atoms with van der Waals surface area (Å²) in [7, 11) is 0. The lowest BCUT2D eigenvalue weighted by atomic mass is 10.0. The number of benzene rings is 1. The van der Waals surface area contributed by atoms with Crippen molar-refractivity contribution in [2.45, 2.75) is 6.42 Å². The zero-order chi connectivity index (χ0) is 15.6. The van der Waals surface area contributed by atoms with Crippen LogP contribution in [-0.4, -0.2) is 15.7 Å². The van der Waals surface area contributed by atoms with Gasteiger partial charge in [-0.1, -0.05) is 17.7 Å². The van der Waals surface area contributed by atoms with Crippen molar-refractivity contribution in [1.82, 2.24) is 4.98 Å². The molecule has 21 heavy (non-hydrogen) atoms. The minimum atomic E-state index is -0.757. The minimum Gasteiger partial charge on any atom is -0.378 e. The number of anilines is 1. The first-order valence-corrected chi connectivity index (χ1v) is 6.14. The molecule has 0 aliphatic heterocycles. The van der Waals surface area contributed by atoms with Crippen molar-refractivity contribution in [2.24, 2.45) is 0 Å². The molecule has 0 atom stereocenters. The molecule has 0 unspecified atom stereocenters. The first kappa shape index (κ1) is 14.9. The van der Waals surface area contributed by atoms with Crippen molar-refractivity contribution in [2.75, 3.05) is 5.73 Å². The Hall–Kier alpha value is -2.54. The number of ketones is 1. The highest BCUT2D eigenvalue weighted by Gasteiger charge is 2.24. The minimum absolute atomic E-state index is 0.121. The summed E-state index contributed by atoms with van der Waals surface area (Å²) in [5, 5.41) is 10.8. The van der Waals surface area contributed by atoms with Gasteiger partial charge >= 0.3 is 5.69 Å². The zero-order valence-electron chi connectivity index (χ0n) is 10.5. The van der Waals surface area contributed by atoms with Gasteiger partial charge in [0.25, 0.3) is 0 Å². The summed E-state index contributed by atoms with van der Waals surface area (Å²) in [6.45, 7) is 0. The molecule has 0 saturated carbocycles. The van der Waals surface area contributed by atoms with Gasteiger partial charge in [-0.15, -0.1) is 0 Å². The highest BCUT2D eigenvalue weighted by atomic mass is 35.5. The van der Waals surface area contributed by atoms with Gasteiger partial charge < -0.3 is 5.73 Å². The predicted octanol–water partition coefficient (Wildman–Crippen LogP) is 2.79. The van der Waals surface area contributed by atoms with Crippen molar-refractivity contribution in [3.8, 4) is 0 Å². The molecule has 0 radical (unpaired) electrons. The fourth-order valence-corrected chi connectivity index (χ4v) is 2.02. The quantitative estimate of drug-likeness (QED) is 0.532. The summed E-state index contributed by atoms with van der Waals surface area (Å²) < 4.78 is 13.1. The zero-order valence-corrected chi connectivity index (χ0v) is 11.3. The van der Waals surface area contributed by atoms with Crippen LogP contribution in [0.4, 0.5) is 15.9 Å². The standard InChI is InChI=1S/C13H9ClFN3O3/c14-9-5-7(1-2-10(9)15)6-11(19)8-3-4-17-13(16)12(8)18(20)21/h1-5H,6H2,(H2,16,17). The van der Waals surface area contributed by atoms with E-state index < -0.39 is 22.2 Å². The molecule has 0 fully saturated rings. The van der Waals surface area contributed by atoms with E-state index in [-0.39, 0.29) is 22.8 Å². The van der Waals surface area contributed by atoms with Crippen molar-refractivity contribution >= 4 is 28.9 Å². The maximum absolute atomic E-state index is 13.1. The number of nitro groups is 1. The Morgan fingerprint density at radius 2 is 2.14 bits per heavy atom. The Labute approximate surface area is 123 Å². The number of nitrogen functional groups attached to an aromatic ring is 1. The van der Waals surface area contributed by atoms with Crippen LogP contribution in [0.5, 0.6) is 0 Å². The van der Waals surface area contributed by atoms with E-state index in [4.69, 9.17) is 17.3 Å². The molecule has 108 valence electrons. The fraction of sp³-hybridized carbons (Fsp3) is 0.0769. The molecule has 2 rings (SSSR count). The van der Waals surface area contributed by atoms with E-state index in [0.717, 1.165) is 6.07 Å². The molecule has 8 heteroatoms. The van der Waals surface area contributed by atoms with Crippen LogP contribution in [0.15, 0.2) is 30.5 Å². The van der Waals surface area contributed by atoms with Crippen molar-refractivity contribution in [3.05, 3.63) is 62.5 Å². The Kier molecular flexibility index (Phi) is 4.13. The average molecular weight is 310 g/mol. The number of hydrogen-bond donors (Lipinski definition) is 1. The van der Waals surface area contributed by atoms with E-state index in [2.05, 4.69) is 4.98 Å². The number of nitrogens with zero attached hydrogens (tertiary/aromatic N) is 2. The Morgan fingerprint density at radius 1 is 1.43 bits per heavy atom. The maximum Gasteiger partial charge on any atom is 0.321 e. The predicted molar refractivity (Wildman–Crippen MR) is 74.7 cm³/mol. The molecule has 0 bridgehead atoms. The topological polar surface area (TPSA) is 99.1 Å². The number of pyridine rings is 1. The number of nitrogens with two attached hydrogens (primary N) is 1. The van der Waals surface area contributed by atoms with Gasteiger partial charge in [0.1, 0.15) is 11.4 Å². The van der Waals surface area contributed by atoms with Gasteiger partial charge in [-0.25, -0.2) is 9.37 Å². The van der Waals surface area contributed by atoms with Crippen LogP contribution in [0.25, 0.3) is 0 Å². The van der Waals surface area contributed by atoms with Crippen LogP contribution < -0.4 is 5.73 Å². The number of carbonyl (C=O) groups is 1. The molecule has 2 N–H and O–H groups in total. The van der Waals surface area contributed by atoms with Crippen LogP contribution in [-0.2, 0) is 6.42 Å². The molecule has 1 aromatic carbocycles. The number of Topliss-reactive ketones (excluding diaryl/α,β-unsaturated/α-hetero) is 1. The van der Waals surface area contributed by atoms with Crippen molar-refractivity contribution < 1.29 is 14.1 Å². The van der Waals surface area contributed by atoms with Crippen molar-refractivity contribution in [1.29, 1.82) is 0 Å². The smallest absolute Gasteiger partial charge is 0.321 e. The molecular weight excluding hydrogens is 301 g/mol. The summed E-state index contributed by atoms with van der Waals surface area (Å²) in [6, 6.07) is 5.03. The molecule has 2 aromatic rings. The van der Waals surface area contributed by atoms with Gasteiger partial charge in [0.2, 0.25) is 5.82 Å². The van der Waals surface area contributed by atoms with Gasteiger partial charge in [-0.2, -0.15) is 0 Å². The third kappa shape index (κ3) is 3.14. The first-order chi connectivity index (χ1) is 9.90. The van der Waals surface area contributed by atoms with Crippen LogP contribution in [0.2, 0.25) is 5.02 Å². The first-order valence-electron chi connectivity index (χ1n) is 5.76. The summed E-state index contributed by atoms with van der Waals surface area (Å²) in [6.07, 6.45) is 1.05. The van der Waals surface area contributed by atoms with Crippen LogP contribution in [0.3, 0.4) is 0 Å². The van der Waals surface area contributed by atoms with Gasteiger partial charge in [0, 0.05) is 12.6 Å². The van der Waals surface area contributed by atoms with E-state index in [0.29, 0.717) is 5.56 Å². The highest BCUT2D eigenvalue weighted by molar-refractivity contribution is 6.30. The number of aromatic nitrogens is 1. The average Bonchev–Trinajstić information content (AvgIpc) is 2.42. The molecule has 0 amide bonds. The van der Waals surface area contributed by atoms with Crippen molar-refractivity contribution in [3.63, 3.8) is 0 Å². The number of halogens is 2. The lowest BCUT2D eigenvalue weighted by Gasteiger charge is -2.05. The van der Waals surface area contributed by atoms with E-state index >= 15 is 0 Å². The molecule has 0 spiro atoms. The Balaban J connectivity index is 2.35. The monoisotopic (exact) mass is 309 g/mol. The van der Waals surface area contributed by atoms with E-state index in [1.165, 1.54) is 24.4 Å². The summed E-state index contributed by atoms with van der Waals surface area (Å²) >= 11 is 5.63. The Morgan fingerprint density at radius 3 is 2.76 bits per heavy atom. The molecule has 0 aliphatic rings. The number of carbonyl (C=O) groups excluding carboxylic acids is 1. The van der Waals surface area contributed by atoms with Gasteiger partial charge in [-0.3, -0.25) is 14.9 Å². The lowest BCUT2D eigenvalue weighted by Crippen LogP contribution is -2.10. The fourth-order valence-electron chi connectivity index (χ4n) is 1.82. The van der Waals surface area contributed by atoms with Crippen LogP contribution >= 0.6 is 11.6 Å². The normalized spacial score (nSPS) is 10.4. The third-order valence-corrected chi connectivity index (χ3v) is 3.07. The molecule has 1 aromatic heterocycles. The second kappa shape index (κ2) is 5.84. The van der Waals surface area contributed by atoms with Crippen LogP contribution in [0.1, 0.15) is 15.9 Å². The summed E-state index contributed by atoms with van der Waals surface area (Å²) in [5.41, 5.74) is 5.19.